The summed E-state index contributed by atoms with van der Waals surface area (Å²) in [7, 11) is 0. The molecule has 0 radical (unpaired) electrons. The van der Waals surface area contributed by atoms with Gasteiger partial charge in [0.25, 0.3) is 0 Å². The van der Waals surface area contributed by atoms with Crippen molar-refractivity contribution in [2.45, 2.75) is 64.2 Å². The summed E-state index contributed by atoms with van der Waals surface area (Å²) >= 11 is 0. The molecule has 14 heavy (non-hydrogen) atoms. The van der Waals surface area contributed by atoms with Crippen molar-refractivity contribution in [2.75, 3.05) is 0 Å². The minimum atomic E-state index is -0.153. The molecule has 0 heterocycles. The second-order valence-corrected chi connectivity index (χ2v) is 4.57. The largest absolute Gasteiger partial charge is 0.370 e. The van der Waals surface area contributed by atoms with Gasteiger partial charge in [0.15, 0.2) is 0 Å². The Balaban J connectivity index is 1.73. The molecule has 0 atom stereocenters. The topological polar surface area (TPSA) is 43.1 Å². The third-order valence-electron chi connectivity index (χ3n) is 3.26. The SMILES string of the molecule is NC(=O)CCCCCCCC1CCC1. The quantitative estimate of drug-likeness (QED) is 0.597. The fourth-order valence-corrected chi connectivity index (χ4v) is 2.04. The number of hydrogen-bond acceptors (Lipinski definition) is 1. The fourth-order valence-electron chi connectivity index (χ4n) is 2.04. The van der Waals surface area contributed by atoms with E-state index in [9.17, 15) is 4.79 Å². The zero-order valence-corrected chi connectivity index (χ0v) is 9.13. The molecule has 0 aliphatic heterocycles. The van der Waals surface area contributed by atoms with Crippen LogP contribution in [0.5, 0.6) is 0 Å². The van der Waals surface area contributed by atoms with Crippen molar-refractivity contribution < 1.29 is 4.79 Å². The van der Waals surface area contributed by atoms with Gasteiger partial charge in [-0.15, -0.1) is 0 Å². The Morgan fingerprint density at radius 2 is 1.71 bits per heavy atom. The molecular weight excluding hydrogens is 174 g/mol. The maximum atomic E-state index is 10.4. The van der Waals surface area contributed by atoms with E-state index in [0.717, 1.165) is 12.3 Å². The van der Waals surface area contributed by atoms with Crippen molar-refractivity contribution in [2.24, 2.45) is 11.7 Å². The summed E-state index contributed by atoms with van der Waals surface area (Å²) in [6.45, 7) is 0. The van der Waals surface area contributed by atoms with Gasteiger partial charge in [0.2, 0.25) is 5.91 Å². The molecule has 1 aliphatic rings. The molecule has 0 bridgehead atoms. The van der Waals surface area contributed by atoms with Gasteiger partial charge in [-0.05, 0) is 12.3 Å². The van der Waals surface area contributed by atoms with E-state index in [2.05, 4.69) is 0 Å². The highest BCUT2D eigenvalue weighted by molar-refractivity contribution is 5.73. The average molecular weight is 197 g/mol. The Hall–Kier alpha value is -0.530. The summed E-state index contributed by atoms with van der Waals surface area (Å²) in [4.78, 5) is 10.4. The Morgan fingerprint density at radius 1 is 1.07 bits per heavy atom. The predicted molar refractivity (Wildman–Crippen MR) is 58.9 cm³/mol. The molecule has 0 aromatic rings. The molecule has 0 aromatic heterocycles. The Kier molecular flexibility index (Phi) is 5.65. The summed E-state index contributed by atoms with van der Waals surface area (Å²) < 4.78 is 0. The summed E-state index contributed by atoms with van der Waals surface area (Å²) in [5.41, 5.74) is 5.06. The van der Waals surface area contributed by atoms with Crippen LogP contribution in [0.2, 0.25) is 0 Å². The fraction of sp³-hybridized carbons (Fsp3) is 0.917. The molecule has 1 amide bonds. The van der Waals surface area contributed by atoms with Crippen molar-refractivity contribution in [1.82, 2.24) is 0 Å². The first-order valence-electron chi connectivity index (χ1n) is 6.07. The van der Waals surface area contributed by atoms with Crippen molar-refractivity contribution in [3.05, 3.63) is 0 Å². The van der Waals surface area contributed by atoms with Crippen LogP contribution >= 0.6 is 0 Å². The summed E-state index contributed by atoms with van der Waals surface area (Å²) in [6, 6.07) is 0. The van der Waals surface area contributed by atoms with E-state index < -0.39 is 0 Å². The van der Waals surface area contributed by atoms with Crippen molar-refractivity contribution in [3.63, 3.8) is 0 Å². The number of carbonyl (C=O) groups is 1. The minimum Gasteiger partial charge on any atom is -0.370 e. The molecule has 2 nitrogen and oxygen atoms in total. The zero-order valence-electron chi connectivity index (χ0n) is 9.13. The number of amides is 1. The van der Waals surface area contributed by atoms with Gasteiger partial charge in [0.05, 0.1) is 0 Å². The Bertz CT molecular complexity index is 164. The lowest BCUT2D eigenvalue weighted by atomic mass is 9.81. The van der Waals surface area contributed by atoms with Gasteiger partial charge in [-0.25, -0.2) is 0 Å². The standard InChI is InChI=1S/C12H23NO/c13-12(14)10-5-3-1-2-4-7-11-8-6-9-11/h11H,1-10H2,(H2,13,14). The van der Waals surface area contributed by atoms with Gasteiger partial charge in [0, 0.05) is 6.42 Å². The number of primary amides is 1. The van der Waals surface area contributed by atoms with Crippen molar-refractivity contribution in [3.8, 4) is 0 Å². The van der Waals surface area contributed by atoms with Crippen molar-refractivity contribution in [1.29, 1.82) is 0 Å². The summed E-state index contributed by atoms with van der Waals surface area (Å²) in [5, 5.41) is 0. The van der Waals surface area contributed by atoms with Crippen LogP contribution in [0.4, 0.5) is 0 Å². The Labute approximate surface area is 87.2 Å². The molecule has 2 heteroatoms. The Morgan fingerprint density at radius 3 is 2.29 bits per heavy atom. The third kappa shape index (κ3) is 5.25. The normalized spacial score (nSPS) is 16.6. The van der Waals surface area contributed by atoms with Crippen LogP contribution in [0.1, 0.15) is 64.2 Å². The molecule has 1 rings (SSSR count). The molecule has 2 N–H and O–H groups in total. The van der Waals surface area contributed by atoms with Crippen molar-refractivity contribution >= 4 is 5.91 Å². The second-order valence-electron chi connectivity index (χ2n) is 4.57. The number of nitrogens with two attached hydrogens (primary N) is 1. The van der Waals surface area contributed by atoms with Gasteiger partial charge >= 0.3 is 0 Å². The molecule has 0 saturated heterocycles. The molecule has 1 fully saturated rings. The molecule has 0 unspecified atom stereocenters. The summed E-state index contributed by atoms with van der Waals surface area (Å²) in [6.07, 6.45) is 12.6. The van der Waals surface area contributed by atoms with Gasteiger partial charge in [-0.1, -0.05) is 51.4 Å². The van der Waals surface area contributed by atoms with Crippen LogP contribution in [0.15, 0.2) is 0 Å². The summed E-state index contributed by atoms with van der Waals surface area (Å²) in [5.74, 6) is 0.903. The highest BCUT2D eigenvalue weighted by Crippen LogP contribution is 2.31. The lowest BCUT2D eigenvalue weighted by Crippen LogP contribution is -2.10. The van der Waals surface area contributed by atoms with E-state index in [1.165, 1.54) is 51.4 Å². The van der Waals surface area contributed by atoms with Crippen LogP contribution in [0.3, 0.4) is 0 Å². The van der Waals surface area contributed by atoms with Gasteiger partial charge in [-0.2, -0.15) is 0 Å². The molecule has 0 spiro atoms. The van der Waals surface area contributed by atoms with Crippen LogP contribution in [0, 0.1) is 5.92 Å². The van der Waals surface area contributed by atoms with E-state index in [-0.39, 0.29) is 5.91 Å². The van der Waals surface area contributed by atoms with E-state index >= 15 is 0 Å². The average Bonchev–Trinajstić information content (AvgIpc) is 2.06. The van der Waals surface area contributed by atoms with E-state index in [4.69, 9.17) is 5.73 Å². The van der Waals surface area contributed by atoms with Gasteiger partial charge in [-0.3, -0.25) is 4.79 Å². The first-order valence-corrected chi connectivity index (χ1v) is 6.07. The number of rotatable bonds is 8. The number of hydrogen-bond donors (Lipinski definition) is 1. The van der Waals surface area contributed by atoms with E-state index in [0.29, 0.717) is 6.42 Å². The highest BCUT2D eigenvalue weighted by atomic mass is 16.1. The first kappa shape index (κ1) is 11.5. The van der Waals surface area contributed by atoms with Gasteiger partial charge in [0.1, 0.15) is 0 Å². The highest BCUT2D eigenvalue weighted by Gasteiger charge is 2.15. The third-order valence-corrected chi connectivity index (χ3v) is 3.26. The van der Waals surface area contributed by atoms with Crippen LogP contribution in [0.25, 0.3) is 0 Å². The monoisotopic (exact) mass is 197 g/mol. The van der Waals surface area contributed by atoms with Crippen LogP contribution < -0.4 is 5.73 Å². The first-order chi connectivity index (χ1) is 6.79. The lowest BCUT2D eigenvalue weighted by molar-refractivity contribution is -0.118. The maximum Gasteiger partial charge on any atom is 0.217 e. The molecular formula is C12H23NO. The molecule has 1 saturated carbocycles. The zero-order chi connectivity index (χ0) is 10.2. The molecule has 82 valence electrons. The smallest absolute Gasteiger partial charge is 0.217 e. The molecule has 0 aromatic carbocycles. The van der Waals surface area contributed by atoms with Crippen LogP contribution in [-0.4, -0.2) is 5.91 Å². The van der Waals surface area contributed by atoms with Gasteiger partial charge < -0.3 is 5.73 Å². The lowest BCUT2D eigenvalue weighted by Gasteiger charge is -2.24. The number of carbonyl (C=O) groups excluding carboxylic acids is 1. The maximum absolute atomic E-state index is 10.4. The second kappa shape index (κ2) is 6.86. The molecule has 1 aliphatic carbocycles. The minimum absolute atomic E-state index is 0.153. The van der Waals surface area contributed by atoms with Crippen LogP contribution in [-0.2, 0) is 4.79 Å². The predicted octanol–water partition coefficient (Wildman–Crippen LogP) is 3.00. The van der Waals surface area contributed by atoms with E-state index in [1.807, 2.05) is 0 Å². The van der Waals surface area contributed by atoms with E-state index in [1.54, 1.807) is 0 Å². The number of unbranched alkanes of at least 4 members (excludes halogenated alkanes) is 4.